The third-order valence-corrected chi connectivity index (χ3v) is 7.12. The summed E-state index contributed by atoms with van der Waals surface area (Å²) in [6.45, 7) is 2.57. The van der Waals surface area contributed by atoms with Gasteiger partial charge in [-0.2, -0.15) is 0 Å². The smallest absolute Gasteiger partial charge is 0.338 e. The number of rotatable bonds is 9. The molecule has 190 valence electrons. The minimum atomic E-state index is -0.371. The van der Waals surface area contributed by atoms with Gasteiger partial charge in [-0.1, -0.05) is 90.6 Å². The molecular formula is C32H27FN2O2S. The van der Waals surface area contributed by atoms with Crippen molar-refractivity contribution in [3.63, 3.8) is 0 Å². The van der Waals surface area contributed by atoms with E-state index in [1.54, 1.807) is 36.9 Å². The number of hydrogen-bond donors (Lipinski definition) is 0. The topological polar surface area (TPSA) is 44.1 Å². The van der Waals surface area contributed by atoms with E-state index in [2.05, 4.69) is 53.1 Å². The molecule has 6 heteroatoms. The highest BCUT2D eigenvalue weighted by molar-refractivity contribution is 7.98. The molecule has 4 nitrogen and oxygen atoms in total. The fraction of sp³-hybridized carbons (Fsp3) is 0.125. The van der Waals surface area contributed by atoms with Gasteiger partial charge in [-0.15, -0.1) is 0 Å². The number of ether oxygens (including phenoxy) is 1. The Morgan fingerprint density at radius 1 is 0.895 bits per heavy atom. The van der Waals surface area contributed by atoms with Gasteiger partial charge < -0.3 is 9.30 Å². The van der Waals surface area contributed by atoms with Gasteiger partial charge >= 0.3 is 5.97 Å². The van der Waals surface area contributed by atoms with Crippen LogP contribution in [-0.4, -0.2) is 22.1 Å². The lowest BCUT2D eigenvalue weighted by Crippen LogP contribution is -2.05. The van der Waals surface area contributed by atoms with Crippen molar-refractivity contribution in [2.24, 2.45) is 0 Å². The lowest BCUT2D eigenvalue weighted by molar-refractivity contribution is 0.0526. The molecule has 0 spiro atoms. The molecule has 0 bridgehead atoms. The van der Waals surface area contributed by atoms with Gasteiger partial charge in [0, 0.05) is 5.75 Å². The van der Waals surface area contributed by atoms with Gasteiger partial charge in [0.2, 0.25) is 0 Å². The van der Waals surface area contributed by atoms with Crippen molar-refractivity contribution >= 4 is 40.9 Å². The van der Waals surface area contributed by atoms with Gasteiger partial charge in [-0.25, -0.2) is 14.2 Å². The maximum absolute atomic E-state index is 13.9. The summed E-state index contributed by atoms with van der Waals surface area (Å²) in [5, 5.41) is 0.804. The molecule has 5 aromatic rings. The Morgan fingerprint density at radius 2 is 1.66 bits per heavy atom. The Hall–Kier alpha value is -4.16. The lowest BCUT2D eigenvalue weighted by atomic mass is 10.1. The van der Waals surface area contributed by atoms with Crippen LogP contribution in [0.25, 0.3) is 23.2 Å². The van der Waals surface area contributed by atoms with Crippen LogP contribution in [0.5, 0.6) is 0 Å². The molecule has 0 fully saturated rings. The van der Waals surface area contributed by atoms with E-state index in [4.69, 9.17) is 9.72 Å². The molecule has 0 atom stereocenters. The molecule has 0 N–H and O–H groups in total. The van der Waals surface area contributed by atoms with Crippen LogP contribution in [0.2, 0.25) is 0 Å². The summed E-state index contributed by atoms with van der Waals surface area (Å²) >= 11 is 1.61. The lowest BCUT2D eigenvalue weighted by Gasteiger charge is -2.10. The van der Waals surface area contributed by atoms with Crippen molar-refractivity contribution in [2.75, 3.05) is 6.61 Å². The number of thioether (sulfide) groups is 1. The second kappa shape index (κ2) is 11.9. The summed E-state index contributed by atoms with van der Waals surface area (Å²) in [6, 6.07) is 30.7. The molecule has 5 rings (SSSR count). The van der Waals surface area contributed by atoms with Gasteiger partial charge in [-0.05, 0) is 59.5 Å². The van der Waals surface area contributed by atoms with E-state index in [0.29, 0.717) is 24.2 Å². The van der Waals surface area contributed by atoms with Crippen LogP contribution in [0.1, 0.15) is 39.5 Å². The van der Waals surface area contributed by atoms with Crippen molar-refractivity contribution in [3.8, 4) is 0 Å². The van der Waals surface area contributed by atoms with Crippen LogP contribution >= 0.6 is 11.8 Å². The number of esters is 1. The molecule has 4 aromatic carbocycles. The van der Waals surface area contributed by atoms with E-state index in [1.807, 2.05) is 30.3 Å². The second-order valence-electron chi connectivity index (χ2n) is 8.81. The predicted molar refractivity (Wildman–Crippen MR) is 153 cm³/mol. The quantitative estimate of drug-likeness (QED) is 0.112. The van der Waals surface area contributed by atoms with E-state index in [1.165, 1.54) is 17.7 Å². The fourth-order valence-electron chi connectivity index (χ4n) is 4.16. The van der Waals surface area contributed by atoms with Gasteiger partial charge in [-0.3, -0.25) is 0 Å². The predicted octanol–water partition coefficient (Wildman–Crippen LogP) is 7.86. The SMILES string of the molecule is CCOC(=O)c1ccc2c(c1)nc(SCc1ccc(/C=C/c3ccccc3)cc1)n2Cc1cccc(F)c1. The first kappa shape index (κ1) is 25.5. The summed E-state index contributed by atoms with van der Waals surface area (Å²) in [5.74, 6) is 0.0803. The molecule has 0 radical (unpaired) electrons. The highest BCUT2D eigenvalue weighted by Gasteiger charge is 2.15. The zero-order valence-corrected chi connectivity index (χ0v) is 21.8. The van der Waals surface area contributed by atoms with Crippen LogP contribution in [0.4, 0.5) is 4.39 Å². The molecule has 1 heterocycles. The number of nitrogens with zero attached hydrogens (tertiary/aromatic N) is 2. The van der Waals surface area contributed by atoms with Crippen LogP contribution in [0.15, 0.2) is 102 Å². The largest absolute Gasteiger partial charge is 0.462 e. The molecule has 0 aliphatic rings. The molecule has 38 heavy (non-hydrogen) atoms. The average molecular weight is 523 g/mol. The van der Waals surface area contributed by atoms with Crippen molar-refractivity contribution in [1.29, 1.82) is 0 Å². The van der Waals surface area contributed by atoms with Gasteiger partial charge in [0.05, 0.1) is 29.7 Å². The zero-order valence-electron chi connectivity index (χ0n) is 21.0. The minimum absolute atomic E-state index is 0.271. The minimum Gasteiger partial charge on any atom is -0.462 e. The number of carbonyl (C=O) groups excluding carboxylic acids is 1. The maximum atomic E-state index is 13.9. The molecule has 0 amide bonds. The first-order chi connectivity index (χ1) is 18.6. The summed E-state index contributed by atoms with van der Waals surface area (Å²) in [7, 11) is 0. The Labute approximate surface area is 225 Å². The number of benzene rings is 4. The highest BCUT2D eigenvalue weighted by Crippen LogP contribution is 2.29. The second-order valence-corrected chi connectivity index (χ2v) is 9.75. The summed E-state index contributed by atoms with van der Waals surface area (Å²) in [5.41, 5.74) is 6.36. The Balaban J connectivity index is 1.38. The fourth-order valence-corrected chi connectivity index (χ4v) is 5.13. The normalized spacial score (nSPS) is 11.3. The van der Waals surface area contributed by atoms with E-state index < -0.39 is 0 Å². The Kier molecular flexibility index (Phi) is 8.00. The number of hydrogen-bond acceptors (Lipinski definition) is 4. The Morgan fingerprint density at radius 3 is 2.39 bits per heavy atom. The number of imidazole rings is 1. The number of halogens is 1. The molecule has 0 aliphatic carbocycles. The van der Waals surface area contributed by atoms with Crippen molar-refractivity contribution in [3.05, 3.63) is 131 Å². The summed E-state index contributed by atoms with van der Waals surface area (Å²) in [6.07, 6.45) is 4.20. The van der Waals surface area contributed by atoms with Gasteiger partial charge in [0.25, 0.3) is 0 Å². The van der Waals surface area contributed by atoms with Crippen LogP contribution in [0.3, 0.4) is 0 Å². The van der Waals surface area contributed by atoms with Crippen molar-refractivity contribution in [1.82, 2.24) is 9.55 Å². The van der Waals surface area contributed by atoms with Crippen molar-refractivity contribution in [2.45, 2.75) is 24.4 Å². The molecule has 0 aliphatic heterocycles. The number of fused-ring (bicyclic) bond motifs is 1. The van der Waals surface area contributed by atoms with E-state index in [0.717, 1.165) is 33.1 Å². The van der Waals surface area contributed by atoms with E-state index in [-0.39, 0.29) is 11.8 Å². The third kappa shape index (κ3) is 6.21. The summed E-state index contributed by atoms with van der Waals surface area (Å²) in [4.78, 5) is 17.1. The van der Waals surface area contributed by atoms with Crippen LogP contribution in [0, 0.1) is 5.82 Å². The number of carbonyl (C=O) groups is 1. The highest BCUT2D eigenvalue weighted by atomic mass is 32.2. The van der Waals surface area contributed by atoms with Gasteiger partial charge in [0.15, 0.2) is 5.16 Å². The Bertz CT molecular complexity index is 1580. The van der Waals surface area contributed by atoms with Crippen molar-refractivity contribution < 1.29 is 13.9 Å². The summed E-state index contributed by atoms with van der Waals surface area (Å²) < 4.78 is 21.1. The van der Waals surface area contributed by atoms with Crippen LogP contribution < -0.4 is 0 Å². The maximum Gasteiger partial charge on any atom is 0.338 e. The van der Waals surface area contributed by atoms with Gasteiger partial charge in [0.1, 0.15) is 5.82 Å². The zero-order chi connectivity index (χ0) is 26.3. The third-order valence-electron chi connectivity index (χ3n) is 6.07. The first-order valence-electron chi connectivity index (χ1n) is 12.5. The average Bonchev–Trinajstić information content (AvgIpc) is 3.28. The molecule has 1 aromatic heterocycles. The molecule has 0 saturated heterocycles. The molecular weight excluding hydrogens is 495 g/mol. The van der Waals surface area contributed by atoms with E-state index >= 15 is 0 Å². The molecule has 0 saturated carbocycles. The standard InChI is InChI=1S/C32H27FN2O2S/c1-2-37-31(36)27-17-18-30-29(20-27)34-32(35(30)21-26-9-6-10-28(33)19-26)38-22-25-15-13-24(14-16-25)12-11-23-7-4-3-5-8-23/h3-20H,2,21-22H2,1H3/b12-11+. The molecule has 0 unspecified atom stereocenters. The van der Waals surface area contributed by atoms with E-state index in [9.17, 15) is 9.18 Å². The number of aromatic nitrogens is 2. The first-order valence-corrected chi connectivity index (χ1v) is 13.4. The monoisotopic (exact) mass is 522 g/mol. The van der Waals surface area contributed by atoms with Crippen LogP contribution in [-0.2, 0) is 17.0 Å².